The average molecular weight is 848 g/mol. The summed E-state index contributed by atoms with van der Waals surface area (Å²) in [4.78, 5) is 62.6. The lowest BCUT2D eigenvalue weighted by Gasteiger charge is -2.33. The van der Waals surface area contributed by atoms with E-state index in [2.05, 4.69) is 9.71 Å². The van der Waals surface area contributed by atoms with Gasteiger partial charge in [0, 0.05) is 24.4 Å². The van der Waals surface area contributed by atoms with Crippen LogP contribution in [0.4, 0.5) is 13.2 Å². The minimum absolute atomic E-state index is 0.0189. The molecule has 12 nitrogen and oxygen atoms in total. The van der Waals surface area contributed by atoms with E-state index in [0.29, 0.717) is 43.2 Å². The van der Waals surface area contributed by atoms with Crippen LogP contribution < -0.4 is 14.2 Å². The topological polar surface area (TPSA) is 158 Å². The fourth-order valence-electron chi connectivity index (χ4n) is 8.37. The number of Topliss-reactive ketones (excluding diaryl/α,β-unsaturated/α-hetero) is 1. The van der Waals surface area contributed by atoms with Crippen molar-refractivity contribution in [1.29, 1.82) is 0 Å². The molecular weight excluding hydrogens is 792 g/mol. The number of halogens is 3. The first-order valence-corrected chi connectivity index (χ1v) is 22.0. The lowest BCUT2D eigenvalue weighted by molar-refractivity contribution is -0.257. The highest BCUT2D eigenvalue weighted by Crippen LogP contribution is 2.58. The second-order valence-corrected chi connectivity index (χ2v) is 20.5. The molecule has 7 atom stereocenters. The van der Waals surface area contributed by atoms with E-state index in [1.54, 1.807) is 38.2 Å². The number of allylic oxidation sites excluding steroid dienone is 2. The van der Waals surface area contributed by atoms with Crippen LogP contribution in [0.1, 0.15) is 106 Å². The van der Waals surface area contributed by atoms with Gasteiger partial charge < -0.3 is 19.1 Å². The summed E-state index contributed by atoms with van der Waals surface area (Å²) < 4.78 is 86.2. The number of aromatic nitrogens is 1. The summed E-state index contributed by atoms with van der Waals surface area (Å²) in [5, 5.41) is 1.42. The third kappa shape index (κ3) is 9.57. The molecule has 3 heterocycles. The van der Waals surface area contributed by atoms with Crippen LogP contribution in [0, 0.1) is 29.1 Å². The van der Waals surface area contributed by atoms with Crippen molar-refractivity contribution in [3.8, 4) is 11.6 Å². The molecule has 0 spiro atoms. The number of sulfonamides is 1. The molecule has 0 radical (unpaired) electrons. The van der Waals surface area contributed by atoms with E-state index in [1.807, 2.05) is 39.0 Å². The van der Waals surface area contributed by atoms with Gasteiger partial charge in [0.2, 0.25) is 33.3 Å². The minimum Gasteiger partial charge on any atom is -0.491 e. The summed E-state index contributed by atoms with van der Waals surface area (Å²) >= 11 is 0. The number of nitrogens with zero attached hydrogens (tertiary/aromatic N) is 2. The molecule has 1 N–H and O–H groups in total. The Morgan fingerprint density at radius 2 is 1.80 bits per heavy atom. The number of carbonyl (C=O) groups is 4. The molecular formula is C43H56F3N3O9S. The van der Waals surface area contributed by atoms with E-state index in [1.165, 1.54) is 4.90 Å². The van der Waals surface area contributed by atoms with Gasteiger partial charge in [-0.2, -0.15) is 13.2 Å². The van der Waals surface area contributed by atoms with Crippen molar-refractivity contribution in [2.45, 2.75) is 141 Å². The number of carbonyl (C=O) groups excluding carboxylic acids is 4. The molecule has 0 unspecified atom stereocenters. The monoisotopic (exact) mass is 847 g/mol. The predicted octanol–water partition coefficient (Wildman–Crippen LogP) is 7.24. The molecule has 2 aromatic rings. The Kier molecular flexibility index (Phi) is 12.3. The van der Waals surface area contributed by atoms with Gasteiger partial charge in [-0.1, -0.05) is 26.0 Å². The molecule has 0 bridgehead atoms. The molecule has 3 fully saturated rings. The summed E-state index contributed by atoms with van der Waals surface area (Å²) in [6.45, 7) is 10.5. The lowest BCUT2D eigenvalue weighted by Crippen LogP contribution is -2.48. The number of ketones is 1. The molecule has 324 valence electrons. The zero-order chi connectivity index (χ0) is 43.3. The normalized spacial score (nSPS) is 29.4. The van der Waals surface area contributed by atoms with Crippen molar-refractivity contribution < 1.29 is 55.0 Å². The minimum atomic E-state index is -4.86. The first kappa shape index (κ1) is 44.3. The van der Waals surface area contributed by atoms with Gasteiger partial charge in [0.05, 0.1) is 41.2 Å². The van der Waals surface area contributed by atoms with Gasteiger partial charge in [-0.05, 0) is 121 Å². The molecule has 6 rings (SSSR count). The molecule has 16 heteroatoms. The Morgan fingerprint density at radius 3 is 2.46 bits per heavy atom. The first-order valence-electron chi connectivity index (χ1n) is 20.5. The Balaban J connectivity index is 1.35. The molecule has 59 heavy (non-hydrogen) atoms. The largest absolute Gasteiger partial charge is 0.491 e. The van der Waals surface area contributed by atoms with Crippen LogP contribution in [0.5, 0.6) is 11.6 Å². The van der Waals surface area contributed by atoms with Gasteiger partial charge in [-0.3, -0.25) is 23.9 Å². The summed E-state index contributed by atoms with van der Waals surface area (Å²) in [6, 6.07) is 6.05. The van der Waals surface area contributed by atoms with Crippen molar-refractivity contribution in [3.63, 3.8) is 0 Å². The van der Waals surface area contributed by atoms with E-state index < -0.39 is 91.8 Å². The highest BCUT2D eigenvalue weighted by Gasteiger charge is 2.63. The van der Waals surface area contributed by atoms with Crippen LogP contribution in [0.3, 0.4) is 0 Å². The molecule has 2 aliphatic carbocycles. The number of amides is 2. The maximum absolute atomic E-state index is 14.9. The number of rotatable bonds is 10. The Morgan fingerprint density at radius 1 is 1.08 bits per heavy atom. The third-order valence-corrected chi connectivity index (χ3v) is 14.7. The fraction of sp³-hybridized carbons (Fsp3) is 0.651. The van der Waals surface area contributed by atoms with Crippen molar-refractivity contribution in [2.24, 2.45) is 29.1 Å². The Bertz CT molecular complexity index is 2100. The smallest absolute Gasteiger partial charge is 0.427 e. The van der Waals surface area contributed by atoms with E-state index in [9.17, 15) is 40.8 Å². The second-order valence-electron chi connectivity index (χ2n) is 18.3. The fourth-order valence-corrected chi connectivity index (χ4v) is 9.71. The van der Waals surface area contributed by atoms with E-state index in [-0.39, 0.29) is 43.7 Å². The van der Waals surface area contributed by atoms with Gasteiger partial charge in [-0.25, -0.2) is 13.4 Å². The van der Waals surface area contributed by atoms with E-state index >= 15 is 0 Å². The highest BCUT2D eigenvalue weighted by atomic mass is 32.2. The van der Waals surface area contributed by atoms with Gasteiger partial charge in [0.1, 0.15) is 11.9 Å². The number of pyridine rings is 1. The summed E-state index contributed by atoms with van der Waals surface area (Å²) in [5.74, 6) is -4.28. The Hall–Kier alpha value is -4.21. The molecule has 1 aromatic heterocycles. The number of alkyl halides is 3. The molecule has 2 amide bonds. The number of nitrogens with one attached hydrogen (secondary N) is 1. The quantitative estimate of drug-likeness (QED) is 0.191. The van der Waals surface area contributed by atoms with Crippen molar-refractivity contribution in [2.75, 3.05) is 6.54 Å². The van der Waals surface area contributed by atoms with Crippen molar-refractivity contribution >= 4 is 44.4 Å². The highest BCUT2D eigenvalue weighted by molar-refractivity contribution is 7.91. The average Bonchev–Trinajstić information content (AvgIpc) is 4.01. The van der Waals surface area contributed by atoms with Crippen LogP contribution in [0.25, 0.3) is 10.8 Å². The molecule has 4 aliphatic rings. The number of hydrogen-bond acceptors (Lipinski definition) is 10. The van der Waals surface area contributed by atoms with Crippen LogP contribution in [-0.4, -0.2) is 83.2 Å². The van der Waals surface area contributed by atoms with Gasteiger partial charge in [-0.15, -0.1) is 0 Å². The molecule has 2 aliphatic heterocycles. The van der Waals surface area contributed by atoms with E-state index in [0.717, 1.165) is 19.2 Å². The second kappa shape index (κ2) is 16.3. The maximum atomic E-state index is 14.9. The van der Waals surface area contributed by atoms with Gasteiger partial charge in [0.25, 0.3) is 0 Å². The molecule has 1 aromatic carbocycles. The van der Waals surface area contributed by atoms with Crippen molar-refractivity contribution in [1.82, 2.24) is 14.6 Å². The van der Waals surface area contributed by atoms with Crippen LogP contribution >= 0.6 is 0 Å². The molecule has 2 saturated carbocycles. The zero-order valence-electron chi connectivity index (χ0n) is 34.8. The summed E-state index contributed by atoms with van der Waals surface area (Å²) in [7, 11) is -4.03. The number of fused-ring (bicyclic) bond motifs is 3. The number of benzene rings is 1. The molecule has 1 saturated heterocycles. The SMILES string of the molecule is CC(C)Oc1ccc2c(O[C@@H]3C[C@H]4C(=O)C[C@]5(C(=O)NS(=O)(=O)C6(C)CC6)C[C@H]5/C=C\CC[C@@H](C)C[C@@H](C)[C@H](CC(=O)OC(C)(C)C(F)(F)F)C(=O)N4C3)nccc2c1. The number of ether oxygens (including phenoxy) is 3. The van der Waals surface area contributed by atoms with Gasteiger partial charge >= 0.3 is 12.1 Å². The maximum Gasteiger partial charge on any atom is 0.427 e. The predicted molar refractivity (Wildman–Crippen MR) is 213 cm³/mol. The number of esters is 1. The zero-order valence-corrected chi connectivity index (χ0v) is 35.6. The Labute approximate surface area is 344 Å². The van der Waals surface area contributed by atoms with Gasteiger partial charge in [0.15, 0.2) is 5.78 Å². The summed E-state index contributed by atoms with van der Waals surface area (Å²) in [6.07, 6.45) is 1.32. The summed E-state index contributed by atoms with van der Waals surface area (Å²) in [5.41, 5.74) is -4.19. The standard InChI is InChI=1S/C43H56F3N3O9S/c1-25(2)56-30-12-13-32-28(19-30)14-17-47-37(32)57-31-20-34-35(50)23-42(39(53)48-59(54,55)41(7)15-16-41)22-29(42)11-9-8-10-26(3)18-27(4)33(38(52)49(34)24-31)21-36(51)58-40(5,6)43(44,45)46/h9,11-14,17,19,25-27,29,31,33-34H,8,10,15-16,18,20-24H2,1-7H3,(H,48,53)/b11-9-/t26-,27-,29-,31-,33+,34+,42-/m1/s1. The van der Waals surface area contributed by atoms with Crippen molar-refractivity contribution in [3.05, 3.63) is 42.6 Å². The van der Waals surface area contributed by atoms with Crippen LogP contribution in [0.15, 0.2) is 42.6 Å². The first-order chi connectivity index (χ1) is 27.4. The number of hydrogen-bond donors (Lipinski definition) is 1. The van der Waals surface area contributed by atoms with Crippen LogP contribution in [0.2, 0.25) is 0 Å². The van der Waals surface area contributed by atoms with E-state index in [4.69, 9.17) is 14.2 Å². The third-order valence-electron chi connectivity index (χ3n) is 12.6. The van der Waals surface area contributed by atoms with Crippen LogP contribution in [-0.2, 0) is 33.9 Å². The lowest BCUT2D eigenvalue weighted by atomic mass is 9.82.